The van der Waals surface area contributed by atoms with Crippen LogP contribution < -0.4 is 16.4 Å². The number of unbranched alkanes of at least 4 members (excludes halogenated alkanes) is 1. The zero-order chi connectivity index (χ0) is 25.0. The number of aromatic nitrogens is 4. The number of nitrogens with two attached hydrogens (primary N) is 1. The average Bonchev–Trinajstić information content (AvgIpc) is 3.27. The van der Waals surface area contributed by atoms with Crippen LogP contribution in [0.1, 0.15) is 52.4 Å². The summed E-state index contributed by atoms with van der Waals surface area (Å²) in [4.78, 5) is 14.2. The van der Waals surface area contributed by atoms with Gasteiger partial charge in [0.25, 0.3) is 0 Å². The maximum absolute atomic E-state index is 12.8. The van der Waals surface area contributed by atoms with Gasteiger partial charge in [-0.25, -0.2) is 17.7 Å². The molecule has 0 unspecified atom stereocenters. The van der Waals surface area contributed by atoms with E-state index >= 15 is 0 Å². The Morgan fingerprint density at radius 3 is 2.49 bits per heavy atom. The summed E-state index contributed by atoms with van der Waals surface area (Å²) < 4.78 is 29.0. The largest absolute Gasteiger partial charge is 0.351 e. The van der Waals surface area contributed by atoms with Crippen LogP contribution in [0.3, 0.4) is 0 Å². The Balaban J connectivity index is 1.58. The Labute approximate surface area is 207 Å². The van der Waals surface area contributed by atoms with Crippen molar-refractivity contribution in [1.82, 2.24) is 23.8 Å². The fraction of sp³-hybridized carbons (Fsp3) is 0.542. The van der Waals surface area contributed by atoms with Crippen molar-refractivity contribution >= 4 is 38.6 Å². The van der Waals surface area contributed by atoms with E-state index in [0.717, 1.165) is 56.4 Å². The highest BCUT2D eigenvalue weighted by Crippen LogP contribution is 2.27. The molecule has 0 saturated heterocycles. The molecule has 0 amide bonds. The van der Waals surface area contributed by atoms with Gasteiger partial charge in [0.15, 0.2) is 17.0 Å². The second kappa shape index (κ2) is 10.9. The third-order valence-corrected chi connectivity index (χ3v) is 8.43. The van der Waals surface area contributed by atoms with Gasteiger partial charge in [-0.2, -0.15) is 9.97 Å². The van der Waals surface area contributed by atoms with Crippen LogP contribution in [0.15, 0.2) is 35.5 Å². The zero-order valence-corrected chi connectivity index (χ0v) is 21.6. The molecule has 1 aliphatic rings. The van der Waals surface area contributed by atoms with Gasteiger partial charge >= 0.3 is 0 Å². The molecule has 11 heteroatoms. The summed E-state index contributed by atoms with van der Waals surface area (Å²) in [7, 11) is -1.90. The summed E-state index contributed by atoms with van der Waals surface area (Å²) >= 11 is 0. The van der Waals surface area contributed by atoms with E-state index in [9.17, 15) is 8.42 Å². The van der Waals surface area contributed by atoms with E-state index in [4.69, 9.17) is 15.7 Å². The first-order valence-electron chi connectivity index (χ1n) is 12.4. The first kappa shape index (κ1) is 25.3. The molecule has 1 saturated carbocycles. The third kappa shape index (κ3) is 5.74. The van der Waals surface area contributed by atoms with E-state index in [2.05, 4.69) is 15.6 Å². The van der Waals surface area contributed by atoms with Crippen LogP contribution in [0.25, 0.3) is 11.2 Å². The number of sulfonamides is 1. The number of fused-ring (bicyclic) bond motifs is 1. The van der Waals surface area contributed by atoms with Gasteiger partial charge in [0.1, 0.15) is 0 Å². The van der Waals surface area contributed by atoms with Crippen molar-refractivity contribution in [1.29, 1.82) is 0 Å². The number of anilines is 3. The van der Waals surface area contributed by atoms with E-state index in [0.29, 0.717) is 23.8 Å². The van der Waals surface area contributed by atoms with Gasteiger partial charge in [-0.1, -0.05) is 13.3 Å². The maximum Gasteiger partial charge on any atom is 0.242 e. The minimum Gasteiger partial charge on any atom is -0.351 e. The SMILES string of the molecule is CCCCN(C)S(=O)(=O)c1ccc(Nc2nc(N[C@H]3CC[C@H](N)CC3)nc3c2ncn3CC)cc1. The van der Waals surface area contributed by atoms with Gasteiger partial charge in [-0.15, -0.1) is 0 Å². The van der Waals surface area contributed by atoms with Gasteiger partial charge < -0.3 is 20.9 Å². The van der Waals surface area contributed by atoms with Crippen molar-refractivity contribution in [2.45, 2.75) is 75.9 Å². The lowest BCUT2D eigenvalue weighted by atomic mass is 9.92. The van der Waals surface area contributed by atoms with E-state index in [1.807, 2.05) is 18.4 Å². The number of aryl methyl sites for hydroxylation is 1. The molecule has 2 heterocycles. The molecule has 190 valence electrons. The fourth-order valence-electron chi connectivity index (χ4n) is 4.30. The molecule has 0 bridgehead atoms. The van der Waals surface area contributed by atoms with Crippen LogP contribution in [0.5, 0.6) is 0 Å². The summed E-state index contributed by atoms with van der Waals surface area (Å²) in [5, 5.41) is 6.79. The van der Waals surface area contributed by atoms with Crippen LogP contribution >= 0.6 is 0 Å². The molecule has 10 nitrogen and oxygen atoms in total. The molecule has 0 spiro atoms. The quantitative estimate of drug-likeness (QED) is 0.384. The lowest BCUT2D eigenvalue weighted by Gasteiger charge is -2.26. The predicted octanol–water partition coefficient (Wildman–Crippen LogP) is 3.69. The highest BCUT2D eigenvalue weighted by Gasteiger charge is 2.22. The molecule has 35 heavy (non-hydrogen) atoms. The van der Waals surface area contributed by atoms with Gasteiger partial charge in [0.05, 0.1) is 11.2 Å². The number of nitrogens with one attached hydrogen (secondary N) is 2. The number of hydrogen-bond acceptors (Lipinski definition) is 8. The molecule has 2 aromatic heterocycles. The topological polar surface area (TPSA) is 131 Å². The molecular formula is C24H36N8O2S. The molecule has 3 aromatic rings. The van der Waals surface area contributed by atoms with Crippen LogP contribution in [-0.2, 0) is 16.6 Å². The predicted molar refractivity (Wildman–Crippen MR) is 139 cm³/mol. The zero-order valence-electron chi connectivity index (χ0n) is 20.7. The monoisotopic (exact) mass is 500 g/mol. The third-order valence-electron chi connectivity index (χ3n) is 6.56. The van der Waals surface area contributed by atoms with Crippen molar-refractivity contribution in [3.8, 4) is 0 Å². The molecule has 0 radical (unpaired) electrons. The second-order valence-corrected chi connectivity index (χ2v) is 11.2. The minimum absolute atomic E-state index is 0.266. The van der Waals surface area contributed by atoms with Gasteiger partial charge in [0.2, 0.25) is 16.0 Å². The minimum atomic E-state index is -3.52. The highest BCUT2D eigenvalue weighted by molar-refractivity contribution is 7.89. The standard InChI is InChI=1S/C24H36N8O2S/c1-4-6-15-31(3)35(33,34)20-13-11-18(12-14-20)27-22-21-23(32(5-2)16-26-21)30-24(29-22)28-19-9-7-17(25)8-10-19/h11-14,16-17,19H,4-10,15,25H2,1-3H3,(H2,27,28,29,30)/t17-,19-. The number of imidazole rings is 1. The highest BCUT2D eigenvalue weighted by atomic mass is 32.2. The average molecular weight is 501 g/mol. The van der Waals surface area contributed by atoms with Crippen LogP contribution in [-0.4, -0.2) is 57.9 Å². The Hall–Kier alpha value is -2.76. The summed E-state index contributed by atoms with van der Waals surface area (Å²) in [6.07, 6.45) is 7.47. The first-order chi connectivity index (χ1) is 16.8. The summed E-state index contributed by atoms with van der Waals surface area (Å²) in [5.74, 6) is 1.13. The van der Waals surface area contributed by atoms with Gasteiger partial charge in [0, 0.05) is 37.9 Å². The van der Waals surface area contributed by atoms with E-state index in [1.165, 1.54) is 4.31 Å². The fourth-order valence-corrected chi connectivity index (χ4v) is 5.51. The van der Waals surface area contributed by atoms with E-state index in [1.54, 1.807) is 37.6 Å². The lowest BCUT2D eigenvalue weighted by molar-refractivity contribution is 0.410. The number of rotatable bonds is 10. The molecule has 0 atom stereocenters. The Morgan fingerprint density at radius 2 is 1.83 bits per heavy atom. The van der Waals surface area contributed by atoms with Crippen LogP contribution in [0, 0.1) is 0 Å². The van der Waals surface area contributed by atoms with Crippen molar-refractivity contribution in [2.24, 2.45) is 5.73 Å². The summed E-state index contributed by atoms with van der Waals surface area (Å²) in [6.45, 7) is 5.33. The Bertz CT molecular complexity index is 1230. The molecule has 1 aliphatic carbocycles. The van der Waals surface area contributed by atoms with Crippen molar-refractivity contribution in [3.63, 3.8) is 0 Å². The van der Waals surface area contributed by atoms with Crippen molar-refractivity contribution in [3.05, 3.63) is 30.6 Å². The summed E-state index contributed by atoms with van der Waals surface area (Å²) in [5.41, 5.74) is 8.19. The van der Waals surface area contributed by atoms with Crippen molar-refractivity contribution < 1.29 is 8.42 Å². The molecule has 4 N–H and O–H groups in total. The van der Waals surface area contributed by atoms with Crippen LogP contribution in [0.2, 0.25) is 0 Å². The number of hydrogen-bond donors (Lipinski definition) is 3. The lowest BCUT2D eigenvalue weighted by Crippen LogP contribution is -2.33. The number of benzene rings is 1. The molecule has 1 fully saturated rings. The van der Waals surface area contributed by atoms with E-state index < -0.39 is 10.0 Å². The molecule has 1 aromatic carbocycles. The summed E-state index contributed by atoms with van der Waals surface area (Å²) in [6, 6.07) is 7.30. The maximum atomic E-state index is 12.8. The molecular weight excluding hydrogens is 464 g/mol. The normalized spacial score (nSPS) is 18.8. The first-order valence-corrected chi connectivity index (χ1v) is 13.8. The smallest absolute Gasteiger partial charge is 0.242 e. The molecule has 4 rings (SSSR count). The van der Waals surface area contributed by atoms with Gasteiger partial charge in [-0.3, -0.25) is 0 Å². The molecule has 0 aliphatic heterocycles. The van der Waals surface area contributed by atoms with Gasteiger partial charge in [-0.05, 0) is 63.3 Å². The number of nitrogens with zero attached hydrogens (tertiary/aromatic N) is 5. The van der Waals surface area contributed by atoms with Crippen molar-refractivity contribution in [2.75, 3.05) is 24.2 Å². The Kier molecular flexibility index (Phi) is 7.88. The van der Waals surface area contributed by atoms with E-state index in [-0.39, 0.29) is 17.0 Å². The van der Waals surface area contributed by atoms with Crippen LogP contribution in [0.4, 0.5) is 17.5 Å². The Morgan fingerprint density at radius 1 is 1.11 bits per heavy atom. The second-order valence-electron chi connectivity index (χ2n) is 9.18.